The van der Waals surface area contributed by atoms with Crippen LogP contribution in [0.3, 0.4) is 0 Å². The van der Waals surface area contributed by atoms with Gasteiger partial charge < -0.3 is 10.2 Å². The summed E-state index contributed by atoms with van der Waals surface area (Å²) in [5.41, 5.74) is 0.981. The fraction of sp³-hybridized carbons (Fsp3) is 0.312. The number of amides is 1. The lowest BCUT2D eigenvalue weighted by atomic mass is 10.2. The fourth-order valence-corrected chi connectivity index (χ4v) is 2.04. The number of aromatic nitrogens is 2. The molecule has 0 unspecified atom stereocenters. The molecule has 2 rings (SSSR count). The molecule has 22 heavy (non-hydrogen) atoms. The molecule has 1 aromatic heterocycles. The Labute approximate surface area is 129 Å². The normalized spacial score (nSPS) is 10.3. The van der Waals surface area contributed by atoms with E-state index in [9.17, 15) is 9.18 Å². The molecule has 1 heterocycles. The smallest absolute Gasteiger partial charge is 0.256 e. The SMILES string of the molecule is CCN(CC)C(=O)c1cnc(NCc2ccccc2F)nc1. The van der Waals surface area contributed by atoms with Crippen molar-refractivity contribution in [1.82, 2.24) is 14.9 Å². The van der Waals surface area contributed by atoms with E-state index in [-0.39, 0.29) is 18.3 Å². The average Bonchev–Trinajstić information content (AvgIpc) is 2.55. The molecule has 0 spiro atoms. The van der Waals surface area contributed by atoms with Crippen LogP contribution in [0.2, 0.25) is 0 Å². The molecule has 0 saturated carbocycles. The van der Waals surface area contributed by atoms with Crippen molar-refractivity contribution >= 4 is 11.9 Å². The van der Waals surface area contributed by atoms with Gasteiger partial charge >= 0.3 is 0 Å². The largest absolute Gasteiger partial charge is 0.350 e. The lowest BCUT2D eigenvalue weighted by Gasteiger charge is -2.18. The summed E-state index contributed by atoms with van der Waals surface area (Å²) >= 11 is 0. The maximum absolute atomic E-state index is 13.5. The van der Waals surface area contributed by atoms with E-state index in [1.807, 2.05) is 13.8 Å². The van der Waals surface area contributed by atoms with Crippen molar-refractivity contribution < 1.29 is 9.18 Å². The molecule has 1 amide bonds. The van der Waals surface area contributed by atoms with Crippen LogP contribution in [0.15, 0.2) is 36.7 Å². The quantitative estimate of drug-likeness (QED) is 0.891. The lowest BCUT2D eigenvalue weighted by Crippen LogP contribution is -2.30. The van der Waals surface area contributed by atoms with E-state index in [1.165, 1.54) is 18.5 Å². The number of benzene rings is 1. The van der Waals surface area contributed by atoms with Crippen LogP contribution in [-0.2, 0) is 6.54 Å². The summed E-state index contributed by atoms with van der Waals surface area (Å²) in [7, 11) is 0. The highest BCUT2D eigenvalue weighted by Crippen LogP contribution is 2.09. The predicted molar refractivity (Wildman–Crippen MR) is 83.0 cm³/mol. The van der Waals surface area contributed by atoms with Crippen LogP contribution in [0.25, 0.3) is 0 Å². The standard InChI is InChI=1S/C16H19FN4O/c1-3-21(4-2)15(22)13-10-19-16(20-11-13)18-9-12-7-5-6-8-14(12)17/h5-8,10-11H,3-4,9H2,1-2H3,(H,18,19,20). The van der Waals surface area contributed by atoms with E-state index in [4.69, 9.17) is 0 Å². The molecule has 0 radical (unpaired) electrons. The van der Waals surface area contributed by atoms with Gasteiger partial charge in [0.15, 0.2) is 0 Å². The molecule has 0 atom stereocenters. The molecule has 0 fully saturated rings. The summed E-state index contributed by atoms with van der Waals surface area (Å²) in [5.74, 6) is -0.00617. The number of carbonyl (C=O) groups excluding carboxylic acids is 1. The van der Waals surface area contributed by atoms with Gasteiger partial charge in [0.05, 0.1) is 5.56 Å². The topological polar surface area (TPSA) is 58.1 Å². The van der Waals surface area contributed by atoms with Crippen LogP contribution in [0.5, 0.6) is 0 Å². The average molecular weight is 302 g/mol. The number of rotatable bonds is 6. The summed E-state index contributed by atoms with van der Waals surface area (Å²) in [5, 5.41) is 2.94. The Morgan fingerprint density at radius 1 is 1.18 bits per heavy atom. The van der Waals surface area contributed by atoms with Crippen molar-refractivity contribution in [2.24, 2.45) is 0 Å². The van der Waals surface area contributed by atoms with Gasteiger partial charge in [0.25, 0.3) is 5.91 Å². The van der Waals surface area contributed by atoms with E-state index < -0.39 is 0 Å². The molecule has 116 valence electrons. The molecule has 0 aliphatic rings. The first kappa shape index (κ1) is 15.9. The molecular weight excluding hydrogens is 283 g/mol. The van der Waals surface area contributed by atoms with Gasteiger partial charge in [0.2, 0.25) is 5.95 Å². The second-order valence-corrected chi connectivity index (χ2v) is 4.72. The van der Waals surface area contributed by atoms with Crippen molar-refractivity contribution in [2.45, 2.75) is 20.4 Å². The molecular formula is C16H19FN4O. The highest BCUT2D eigenvalue weighted by atomic mass is 19.1. The number of nitrogens with zero attached hydrogens (tertiary/aromatic N) is 3. The zero-order valence-corrected chi connectivity index (χ0v) is 12.7. The highest BCUT2D eigenvalue weighted by molar-refractivity contribution is 5.93. The summed E-state index contributed by atoms with van der Waals surface area (Å²) in [6, 6.07) is 6.51. The first-order valence-electron chi connectivity index (χ1n) is 7.24. The molecule has 0 aliphatic heterocycles. The van der Waals surface area contributed by atoms with Crippen LogP contribution in [0.4, 0.5) is 10.3 Å². The minimum atomic E-state index is -0.275. The van der Waals surface area contributed by atoms with E-state index in [0.717, 1.165) is 0 Å². The van der Waals surface area contributed by atoms with E-state index in [0.29, 0.717) is 30.2 Å². The van der Waals surface area contributed by atoms with Gasteiger partial charge in [0, 0.05) is 37.6 Å². The van der Waals surface area contributed by atoms with Crippen LogP contribution in [-0.4, -0.2) is 33.9 Å². The molecule has 2 aromatic rings. The Kier molecular flexibility index (Phi) is 5.41. The van der Waals surface area contributed by atoms with E-state index in [2.05, 4.69) is 15.3 Å². The number of carbonyl (C=O) groups is 1. The Morgan fingerprint density at radius 3 is 2.41 bits per heavy atom. The van der Waals surface area contributed by atoms with Gasteiger partial charge in [-0.25, -0.2) is 14.4 Å². The van der Waals surface area contributed by atoms with Crippen molar-refractivity contribution in [3.63, 3.8) is 0 Å². The van der Waals surface area contributed by atoms with Crippen molar-refractivity contribution in [1.29, 1.82) is 0 Å². The maximum Gasteiger partial charge on any atom is 0.256 e. The molecule has 5 nitrogen and oxygen atoms in total. The third-order valence-electron chi connectivity index (χ3n) is 3.34. The fourth-order valence-electron chi connectivity index (χ4n) is 2.04. The third-order valence-corrected chi connectivity index (χ3v) is 3.34. The first-order valence-corrected chi connectivity index (χ1v) is 7.24. The zero-order valence-electron chi connectivity index (χ0n) is 12.7. The second-order valence-electron chi connectivity index (χ2n) is 4.72. The van der Waals surface area contributed by atoms with E-state index in [1.54, 1.807) is 23.1 Å². The van der Waals surface area contributed by atoms with Crippen molar-refractivity contribution in [2.75, 3.05) is 18.4 Å². The number of nitrogens with one attached hydrogen (secondary N) is 1. The number of hydrogen-bond donors (Lipinski definition) is 1. The van der Waals surface area contributed by atoms with Gasteiger partial charge in [-0.15, -0.1) is 0 Å². The van der Waals surface area contributed by atoms with Crippen LogP contribution < -0.4 is 5.32 Å². The van der Waals surface area contributed by atoms with Crippen LogP contribution in [0, 0.1) is 5.82 Å². The monoisotopic (exact) mass is 302 g/mol. The summed E-state index contributed by atoms with van der Waals surface area (Å²) in [4.78, 5) is 22.0. The molecule has 0 bridgehead atoms. The summed E-state index contributed by atoms with van der Waals surface area (Å²) in [6.45, 7) is 5.42. The second kappa shape index (κ2) is 7.49. The van der Waals surface area contributed by atoms with Crippen molar-refractivity contribution in [3.8, 4) is 0 Å². The Balaban J connectivity index is 2.00. The molecule has 6 heteroatoms. The lowest BCUT2D eigenvalue weighted by molar-refractivity contribution is 0.0772. The number of halogens is 1. The zero-order chi connectivity index (χ0) is 15.9. The Bertz CT molecular complexity index is 626. The molecule has 1 aromatic carbocycles. The first-order chi connectivity index (χ1) is 10.7. The number of hydrogen-bond acceptors (Lipinski definition) is 4. The van der Waals surface area contributed by atoms with Gasteiger partial charge in [-0.1, -0.05) is 18.2 Å². The van der Waals surface area contributed by atoms with E-state index >= 15 is 0 Å². The summed E-state index contributed by atoms with van der Waals surface area (Å²) in [6.07, 6.45) is 2.97. The molecule has 0 saturated heterocycles. The minimum Gasteiger partial charge on any atom is -0.350 e. The molecule has 1 N–H and O–H groups in total. The minimum absolute atomic E-state index is 0.0920. The van der Waals surface area contributed by atoms with Gasteiger partial charge in [-0.3, -0.25) is 4.79 Å². The maximum atomic E-state index is 13.5. The summed E-state index contributed by atoms with van der Waals surface area (Å²) < 4.78 is 13.5. The predicted octanol–water partition coefficient (Wildman–Crippen LogP) is 2.71. The third kappa shape index (κ3) is 3.78. The van der Waals surface area contributed by atoms with Gasteiger partial charge in [-0.05, 0) is 19.9 Å². The number of anilines is 1. The highest BCUT2D eigenvalue weighted by Gasteiger charge is 2.13. The van der Waals surface area contributed by atoms with Crippen LogP contribution in [0.1, 0.15) is 29.8 Å². The Morgan fingerprint density at radius 2 is 1.82 bits per heavy atom. The van der Waals surface area contributed by atoms with Crippen molar-refractivity contribution in [3.05, 3.63) is 53.6 Å². The van der Waals surface area contributed by atoms with Gasteiger partial charge in [-0.2, -0.15) is 0 Å². The van der Waals surface area contributed by atoms with Gasteiger partial charge in [0.1, 0.15) is 5.82 Å². The Hall–Kier alpha value is -2.50. The molecule has 0 aliphatic carbocycles. The van der Waals surface area contributed by atoms with Crippen LogP contribution >= 0.6 is 0 Å².